The highest BCUT2D eigenvalue weighted by Gasteiger charge is 2.13. The van der Waals surface area contributed by atoms with Crippen molar-refractivity contribution in [2.45, 2.75) is 37.6 Å². The van der Waals surface area contributed by atoms with Crippen LogP contribution in [0.3, 0.4) is 0 Å². The zero-order chi connectivity index (χ0) is 14.4. The van der Waals surface area contributed by atoms with E-state index in [1.807, 2.05) is 12.1 Å². The molecule has 1 heterocycles. The molecule has 1 aromatic heterocycles. The fourth-order valence-corrected chi connectivity index (χ4v) is 2.46. The van der Waals surface area contributed by atoms with Crippen molar-refractivity contribution < 1.29 is 4.52 Å². The minimum atomic E-state index is 0.396. The zero-order valence-electron chi connectivity index (χ0n) is 12.2. The fourth-order valence-electron chi connectivity index (χ4n) is 2.06. The van der Waals surface area contributed by atoms with Gasteiger partial charge in [0.05, 0.1) is 0 Å². The van der Waals surface area contributed by atoms with Crippen LogP contribution in [0.4, 0.5) is 0 Å². The predicted octanol–water partition coefficient (Wildman–Crippen LogP) is 3.39. The molecule has 0 bridgehead atoms. The maximum Gasteiger partial charge on any atom is 0.228 e. The van der Waals surface area contributed by atoms with Gasteiger partial charge in [-0.15, -0.1) is 11.8 Å². The summed E-state index contributed by atoms with van der Waals surface area (Å²) in [6.07, 6.45) is 3.89. The number of hydrogen-bond acceptors (Lipinski definition) is 5. The first-order chi connectivity index (χ1) is 9.76. The summed E-state index contributed by atoms with van der Waals surface area (Å²) >= 11 is 1.72. The van der Waals surface area contributed by atoms with Gasteiger partial charge in [-0.05, 0) is 43.5 Å². The van der Waals surface area contributed by atoms with E-state index in [-0.39, 0.29) is 0 Å². The van der Waals surface area contributed by atoms with E-state index < -0.39 is 0 Å². The Morgan fingerprint density at radius 1 is 1.25 bits per heavy atom. The van der Waals surface area contributed by atoms with E-state index in [0.717, 1.165) is 24.9 Å². The molecule has 0 radical (unpaired) electrons. The van der Waals surface area contributed by atoms with Gasteiger partial charge >= 0.3 is 0 Å². The molecule has 1 aromatic carbocycles. The van der Waals surface area contributed by atoms with E-state index in [1.165, 1.54) is 4.90 Å². The Hall–Kier alpha value is -1.33. The van der Waals surface area contributed by atoms with E-state index in [9.17, 15) is 0 Å². The lowest BCUT2D eigenvalue weighted by Crippen LogP contribution is -2.30. The number of nitrogens with zero attached hydrogens (tertiary/aromatic N) is 2. The van der Waals surface area contributed by atoms with Gasteiger partial charge < -0.3 is 9.84 Å². The van der Waals surface area contributed by atoms with E-state index >= 15 is 0 Å². The van der Waals surface area contributed by atoms with Crippen LogP contribution in [-0.2, 0) is 6.42 Å². The van der Waals surface area contributed by atoms with E-state index in [1.54, 1.807) is 11.8 Å². The van der Waals surface area contributed by atoms with Gasteiger partial charge in [-0.2, -0.15) is 4.98 Å². The van der Waals surface area contributed by atoms with Crippen molar-refractivity contribution in [1.29, 1.82) is 0 Å². The van der Waals surface area contributed by atoms with Gasteiger partial charge in [-0.3, -0.25) is 0 Å². The number of hydrogen-bond donors (Lipinski definition) is 1. The lowest BCUT2D eigenvalue weighted by molar-refractivity contribution is 0.355. The number of aromatic nitrogens is 2. The van der Waals surface area contributed by atoms with E-state index in [0.29, 0.717) is 17.8 Å². The molecule has 1 unspecified atom stereocenters. The van der Waals surface area contributed by atoms with E-state index in [4.69, 9.17) is 4.52 Å². The van der Waals surface area contributed by atoms with Gasteiger partial charge in [0, 0.05) is 22.9 Å². The highest BCUT2D eigenvalue weighted by molar-refractivity contribution is 7.98. The highest BCUT2D eigenvalue weighted by atomic mass is 32.2. The van der Waals surface area contributed by atoms with Crippen LogP contribution in [0.2, 0.25) is 0 Å². The second-order valence-corrected chi connectivity index (χ2v) is 5.49. The molecule has 5 heteroatoms. The second kappa shape index (κ2) is 7.45. The van der Waals surface area contributed by atoms with Crippen molar-refractivity contribution in [2.75, 3.05) is 12.8 Å². The molecule has 2 rings (SSSR count). The summed E-state index contributed by atoms with van der Waals surface area (Å²) in [6.45, 7) is 5.22. The summed E-state index contributed by atoms with van der Waals surface area (Å²) in [5, 5.41) is 7.48. The first-order valence-corrected chi connectivity index (χ1v) is 8.19. The molecular weight excluding hydrogens is 270 g/mol. The molecule has 108 valence electrons. The molecule has 0 amide bonds. The Labute approximate surface area is 124 Å². The summed E-state index contributed by atoms with van der Waals surface area (Å²) in [6, 6.07) is 8.60. The van der Waals surface area contributed by atoms with Crippen molar-refractivity contribution in [3.8, 4) is 11.4 Å². The summed E-state index contributed by atoms with van der Waals surface area (Å²) < 4.78 is 5.35. The van der Waals surface area contributed by atoms with Crippen LogP contribution >= 0.6 is 11.8 Å². The molecular formula is C15H21N3OS. The van der Waals surface area contributed by atoms with Crippen molar-refractivity contribution in [3.63, 3.8) is 0 Å². The average molecular weight is 291 g/mol. The molecule has 0 aliphatic carbocycles. The number of likely N-dealkylation sites (N-methyl/N-ethyl adjacent to an activating group) is 1. The molecule has 0 saturated carbocycles. The molecule has 0 fully saturated rings. The standard InChI is InChI=1S/C15H21N3OS/c1-4-12(16-5-2)10-14-17-15(18-19-14)11-6-8-13(20-3)9-7-11/h6-9,12,16H,4-5,10H2,1-3H3. The van der Waals surface area contributed by atoms with Crippen molar-refractivity contribution in [3.05, 3.63) is 30.2 Å². The Morgan fingerprint density at radius 3 is 2.60 bits per heavy atom. The van der Waals surface area contributed by atoms with Crippen LogP contribution in [0.5, 0.6) is 0 Å². The maximum atomic E-state index is 5.35. The molecule has 2 aromatic rings. The Kier molecular flexibility index (Phi) is 5.61. The summed E-state index contributed by atoms with van der Waals surface area (Å²) in [5.74, 6) is 1.36. The maximum absolute atomic E-state index is 5.35. The van der Waals surface area contributed by atoms with Gasteiger partial charge in [0.2, 0.25) is 11.7 Å². The van der Waals surface area contributed by atoms with Crippen molar-refractivity contribution >= 4 is 11.8 Å². The molecule has 4 nitrogen and oxygen atoms in total. The predicted molar refractivity (Wildman–Crippen MR) is 83.0 cm³/mol. The quantitative estimate of drug-likeness (QED) is 0.792. The Bertz CT molecular complexity index is 524. The third kappa shape index (κ3) is 3.84. The van der Waals surface area contributed by atoms with Crippen LogP contribution in [0.25, 0.3) is 11.4 Å². The first-order valence-electron chi connectivity index (χ1n) is 6.97. The molecule has 1 atom stereocenters. The van der Waals surface area contributed by atoms with Crippen molar-refractivity contribution in [2.24, 2.45) is 0 Å². The zero-order valence-corrected chi connectivity index (χ0v) is 13.0. The Balaban J connectivity index is 2.07. The number of thioether (sulfide) groups is 1. The number of benzene rings is 1. The molecule has 20 heavy (non-hydrogen) atoms. The van der Waals surface area contributed by atoms with Gasteiger partial charge in [0.25, 0.3) is 0 Å². The van der Waals surface area contributed by atoms with Gasteiger partial charge in [0.15, 0.2) is 0 Å². The molecule has 0 saturated heterocycles. The molecule has 0 spiro atoms. The number of nitrogens with one attached hydrogen (secondary N) is 1. The van der Waals surface area contributed by atoms with Crippen LogP contribution in [0.15, 0.2) is 33.7 Å². The number of rotatable bonds is 7. The van der Waals surface area contributed by atoms with E-state index in [2.05, 4.69) is 47.7 Å². The summed E-state index contributed by atoms with van der Waals surface area (Å²) in [5.41, 5.74) is 0.995. The lowest BCUT2D eigenvalue weighted by Gasteiger charge is -2.12. The lowest BCUT2D eigenvalue weighted by atomic mass is 10.1. The third-order valence-electron chi connectivity index (χ3n) is 3.22. The fraction of sp³-hybridized carbons (Fsp3) is 0.467. The third-order valence-corrected chi connectivity index (χ3v) is 3.97. The van der Waals surface area contributed by atoms with Crippen molar-refractivity contribution in [1.82, 2.24) is 15.5 Å². The smallest absolute Gasteiger partial charge is 0.228 e. The SMILES string of the molecule is CCNC(CC)Cc1nc(-c2ccc(SC)cc2)no1. The van der Waals surface area contributed by atoms with Crippen LogP contribution in [-0.4, -0.2) is 29.0 Å². The minimum Gasteiger partial charge on any atom is -0.339 e. The average Bonchev–Trinajstić information content (AvgIpc) is 2.95. The van der Waals surface area contributed by atoms with Crippen LogP contribution in [0.1, 0.15) is 26.2 Å². The topological polar surface area (TPSA) is 51.0 Å². The van der Waals surface area contributed by atoms with Gasteiger partial charge in [-0.25, -0.2) is 0 Å². The largest absolute Gasteiger partial charge is 0.339 e. The van der Waals surface area contributed by atoms with Crippen LogP contribution < -0.4 is 5.32 Å². The molecule has 1 N–H and O–H groups in total. The molecule has 0 aliphatic rings. The molecule has 0 aliphatic heterocycles. The van der Waals surface area contributed by atoms with Gasteiger partial charge in [-0.1, -0.05) is 19.0 Å². The van der Waals surface area contributed by atoms with Gasteiger partial charge in [0.1, 0.15) is 0 Å². The Morgan fingerprint density at radius 2 is 2.00 bits per heavy atom. The van der Waals surface area contributed by atoms with Crippen LogP contribution in [0, 0.1) is 0 Å². The monoisotopic (exact) mass is 291 g/mol. The minimum absolute atomic E-state index is 0.396. The second-order valence-electron chi connectivity index (χ2n) is 4.61. The summed E-state index contributed by atoms with van der Waals surface area (Å²) in [4.78, 5) is 5.71. The highest BCUT2D eigenvalue weighted by Crippen LogP contribution is 2.21. The summed E-state index contributed by atoms with van der Waals surface area (Å²) in [7, 11) is 0. The first kappa shape index (κ1) is 15.1. The normalized spacial score (nSPS) is 12.6.